The Labute approximate surface area is 166 Å². The summed E-state index contributed by atoms with van der Waals surface area (Å²) < 4.78 is 5.24. The average Bonchev–Trinajstić information content (AvgIpc) is 2.73. The highest BCUT2D eigenvalue weighted by molar-refractivity contribution is 7.99. The van der Waals surface area contributed by atoms with E-state index in [-0.39, 0.29) is 0 Å². The smallest absolute Gasteiger partial charge is 0.118 e. The molecular formula is C24H25NOS. The van der Waals surface area contributed by atoms with Gasteiger partial charge in [-0.1, -0.05) is 48.2 Å². The van der Waals surface area contributed by atoms with Crippen molar-refractivity contribution in [2.24, 2.45) is 0 Å². The fraction of sp³-hybridized carbons (Fsp3) is 0.250. The predicted molar refractivity (Wildman–Crippen MR) is 113 cm³/mol. The predicted octanol–water partition coefficient (Wildman–Crippen LogP) is 6.01. The number of hydrogen-bond acceptors (Lipinski definition) is 3. The number of nitrogens with one attached hydrogen (secondary N) is 1. The molecule has 0 aliphatic heterocycles. The van der Waals surface area contributed by atoms with Crippen LogP contribution in [0.2, 0.25) is 0 Å². The van der Waals surface area contributed by atoms with E-state index in [0.717, 1.165) is 12.3 Å². The Hall–Kier alpha value is -2.23. The van der Waals surface area contributed by atoms with Crippen LogP contribution in [-0.2, 0) is 13.0 Å². The monoisotopic (exact) mass is 375 g/mol. The lowest BCUT2D eigenvalue weighted by atomic mass is 9.87. The summed E-state index contributed by atoms with van der Waals surface area (Å²) in [5, 5.41) is 3.77. The quantitative estimate of drug-likeness (QED) is 0.570. The molecule has 2 nitrogen and oxygen atoms in total. The van der Waals surface area contributed by atoms with E-state index in [9.17, 15) is 0 Å². The van der Waals surface area contributed by atoms with E-state index in [1.807, 2.05) is 12.1 Å². The number of ether oxygens (including phenoxy) is 1. The van der Waals surface area contributed by atoms with Gasteiger partial charge in [0.1, 0.15) is 5.75 Å². The van der Waals surface area contributed by atoms with Crippen molar-refractivity contribution in [2.45, 2.75) is 41.6 Å². The molecule has 0 radical (unpaired) electrons. The number of aryl methyl sites for hydroxylation is 1. The second-order valence-electron chi connectivity index (χ2n) is 6.95. The molecule has 0 saturated heterocycles. The molecule has 0 amide bonds. The van der Waals surface area contributed by atoms with Crippen LogP contribution in [0.15, 0.2) is 82.6 Å². The number of methoxy groups -OCH3 is 1. The molecule has 0 aromatic heterocycles. The zero-order chi connectivity index (χ0) is 18.5. The summed E-state index contributed by atoms with van der Waals surface area (Å²) in [7, 11) is 1.70. The van der Waals surface area contributed by atoms with E-state index in [2.05, 4.69) is 66.0 Å². The molecule has 27 heavy (non-hydrogen) atoms. The zero-order valence-corrected chi connectivity index (χ0v) is 16.5. The molecular weight excluding hydrogens is 350 g/mol. The molecule has 0 spiro atoms. The highest BCUT2D eigenvalue weighted by Gasteiger charge is 2.18. The largest absolute Gasteiger partial charge is 0.497 e. The maximum atomic E-state index is 5.24. The lowest BCUT2D eigenvalue weighted by Gasteiger charge is -2.26. The van der Waals surface area contributed by atoms with Crippen LogP contribution in [0.25, 0.3) is 0 Å². The molecule has 4 rings (SSSR count). The fourth-order valence-electron chi connectivity index (χ4n) is 3.71. The first kappa shape index (κ1) is 18.1. The zero-order valence-electron chi connectivity index (χ0n) is 15.7. The number of rotatable bonds is 6. The Kier molecular flexibility index (Phi) is 5.81. The Bertz CT molecular complexity index is 891. The maximum absolute atomic E-state index is 5.24. The van der Waals surface area contributed by atoms with Gasteiger partial charge in [-0.05, 0) is 72.4 Å². The van der Waals surface area contributed by atoms with Crippen LogP contribution < -0.4 is 10.1 Å². The van der Waals surface area contributed by atoms with Crippen molar-refractivity contribution >= 4 is 11.8 Å². The summed E-state index contributed by atoms with van der Waals surface area (Å²) in [4.78, 5) is 2.49. The first-order valence-electron chi connectivity index (χ1n) is 9.54. The Morgan fingerprint density at radius 1 is 0.963 bits per heavy atom. The summed E-state index contributed by atoms with van der Waals surface area (Å²) in [5.74, 6) is 0.894. The summed E-state index contributed by atoms with van der Waals surface area (Å²) in [6.45, 7) is 0.899. The normalized spacial score (nSPS) is 16.0. The second-order valence-corrected chi connectivity index (χ2v) is 8.10. The molecule has 0 saturated carbocycles. The topological polar surface area (TPSA) is 21.3 Å². The Morgan fingerprint density at radius 3 is 2.67 bits per heavy atom. The van der Waals surface area contributed by atoms with Gasteiger partial charge < -0.3 is 10.1 Å². The molecule has 1 aliphatic carbocycles. The first-order valence-corrected chi connectivity index (χ1v) is 10.4. The van der Waals surface area contributed by atoms with E-state index in [1.165, 1.54) is 45.7 Å². The average molecular weight is 376 g/mol. The number of fused-ring (bicyclic) bond motifs is 1. The van der Waals surface area contributed by atoms with Crippen molar-refractivity contribution in [3.05, 3.63) is 89.5 Å². The summed E-state index contributed by atoms with van der Waals surface area (Å²) in [6, 6.07) is 26.4. The number of hydrogen-bond donors (Lipinski definition) is 1. The van der Waals surface area contributed by atoms with Gasteiger partial charge >= 0.3 is 0 Å². The van der Waals surface area contributed by atoms with Crippen LogP contribution in [0.1, 0.15) is 35.6 Å². The summed E-state index contributed by atoms with van der Waals surface area (Å²) >= 11 is 1.79. The van der Waals surface area contributed by atoms with Crippen molar-refractivity contribution in [1.29, 1.82) is 0 Å². The molecule has 3 aromatic carbocycles. The van der Waals surface area contributed by atoms with Gasteiger partial charge in [-0.25, -0.2) is 0 Å². The van der Waals surface area contributed by atoms with Gasteiger partial charge in [-0.15, -0.1) is 0 Å². The van der Waals surface area contributed by atoms with Gasteiger partial charge in [0.15, 0.2) is 0 Å². The van der Waals surface area contributed by atoms with Crippen molar-refractivity contribution in [1.82, 2.24) is 5.32 Å². The van der Waals surface area contributed by atoms with Gasteiger partial charge in [-0.3, -0.25) is 0 Å². The maximum Gasteiger partial charge on any atom is 0.118 e. The van der Waals surface area contributed by atoms with Crippen LogP contribution in [0.5, 0.6) is 5.75 Å². The molecule has 0 unspecified atom stereocenters. The molecule has 3 heteroatoms. The highest BCUT2D eigenvalue weighted by atomic mass is 32.2. The second kappa shape index (κ2) is 8.64. The van der Waals surface area contributed by atoms with Gasteiger partial charge in [0.25, 0.3) is 0 Å². The van der Waals surface area contributed by atoms with Crippen molar-refractivity contribution in [3.63, 3.8) is 0 Å². The van der Waals surface area contributed by atoms with Crippen molar-refractivity contribution in [3.8, 4) is 5.75 Å². The van der Waals surface area contributed by atoms with Crippen LogP contribution >= 0.6 is 11.8 Å². The molecule has 1 aliphatic rings. The fourth-order valence-corrected chi connectivity index (χ4v) is 4.61. The summed E-state index contributed by atoms with van der Waals surface area (Å²) in [5.41, 5.74) is 4.31. The molecule has 1 atom stereocenters. The SMILES string of the molecule is COc1ccc(Sc2cccc(CN[C@H]3CCCc4ccccc43)c2)cc1. The first-order chi connectivity index (χ1) is 13.3. The lowest BCUT2D eigenvalue weighted by molar-refractivity contribution is 0.414. The van der Waals surface area contributed by atoms with E-state index >= 15 is 0 Å². The third-order valence-corrected chi connectivity index (χ3v) is 6.11. The number of benzene rings is 3. The van der Waals surface area contributed by atoms with E-state index < -0.39 is 0 Å². The van der Waals surface area contributed by atoms with Crippen LogP contribution in [0.4, 0.5) is 0 Å². The third kappa shape index (κ3) is 4.55. The van der Waals surface area contributed by atoms with E-state index in [1.54, 1.807) is 18.9 Å². The standard InChI is InChI=1S/C24H25NOS/c1-26-20-12-14-21(15-13-20)27-22-9-4-6-18(16-22)17-25-24-11-5-8-19-7-2-3-10-23(19)24/h2-4,6-7,9-10,12-16,24-25H,5,8,11,17H2,1H3/t24-/m0/s1. The minimum atomic E-state index is 0.466. The minimum absolute atomic E-state index is 0.466. The molecule has 0 heterocycles. The van der Waals surface area contributed by atoms with Gasteiger partial charge in [0, 0.05) is 22.4 Å². The van der Waals surface area contributed by atoms with Gasteiger partial charge in [0.2, 0.25) is 0 Å². The molecule has 1 N–H and O–H groups in total. The van der Waals surface area contributed by atoms with Crippen LogP contribution in [0, 0.1) is 0 Å². The van der Waals surface area contributed by atoms with E-state index in [0.29, 0.717) is 6.04 Å². The van der Waals surface area contributed by atoms with Gasteiger partial charge in [-0.2, -0.15) is 0 Å². The molecule has 0 fully saturated rings. The van der Waals surface area contributed by atoms with E-state index in [4.69, 9.17) is 4.74 Å². The molecule has 3 aromatic rings. The molecule has 0 bridgehead atoms. The van der Waals surface area contributed by atoms with Crippen LogP contribution in [0.3, 0.4) is 0 Å². The minimum Gasteiger partial charge on any atom is -0.497 e. The third-order valence-electron chi connectivity index (χ3n) is 5.12. The van der Waals surface area contributed by atoms with Gasteiger partial charge in [0.05, 0.1) is 7.11 Å². The van der Waals surface area contributed by atoms with Crippen molar-refractivity contribution in [2.75, 3.05) is 7.11 Å². The Morgan fingerprint density at radius 2 is 1.81 bits per heavy atom. The molecule has 138 valence electrons. The van der Waals surface area contributed by atoms with Crippen LogP contribution in [-0.4, -0.2) is 7.11 Å². The highest BCUT2D eigenvalue weighted by Crippen LogP contribution is 2.31. The Balaban J connectivity index is 1.41. The lowest BCUT2D eigenvalue weighted by Crippen LogP contribution is -2.24. The summed E-state index contributed by atoms with van der Waals surface area (Å²) in [6.07, 6.45) is 3.70. The van der Waals surface area contributed by atoms with Crippen molar-refractivity contribution < 1.29 is 4.74 Å².